The SMILES string of the molecule is CC(C)(C)OCC(=O)C(C)(C)C(C)(C)OC(CC(=O)O)C(=O)C(C)(C)C. The van der Waals surface area contributed by atoms with Crippen molar-refractivity contribution in [3.63, 3.8) is 0 Å². The summed E-state index contributed by atoms with van der Waals surface area (Å²) in [6.45, 7) is 17.5. The Morgan fingerprint density at radius 3 is 1.69 bits per heavy atom. The van der Waals surface area contributed by atoms with Gasteiger partial charge in [-0.1, -0.05) is 34.6 Å². The summed E-state index contributed by atoms with van der Waals surface area (Å²) in [7, 11) is 0. The summed E-state index contributed by atoms with van der Waals surface area (Å²) in [5, 5.41) is 9.16. The lowest BCUT2D eigenvalue weighted by Crippen LogP contribution is -2.52. The first-order chi connectivity index (χ1) is 11.3. The quantitative estimate of drug-likeness (QED) is 0.664. The van der Waals surface area contributed by atoms with Crippen molar-refractivity contribution < 1.29 is 29.0 Å². The van der Waals surface area contributed by atoms with Gasteiger partial charge >= 0.3 is 5.97 Å². The van der Waals surface area contributed by atoms with Crippen LogP contribution in [0.15, 0.2) is 0 Å². The number of Topliss-reactive ketones (excluding diaryl/α,β-unsaturated/α-hetero) is 2. The summed E-state index contributed by atoms with van der Waals surface area (Å²) < 4.78 is 11.5. The van der Waals surface area contributed by atoms with Crippen LogP contribution in [0.4, 0.5) is 0 Å². The van der Waals surface area contributed by atoms with Gasteiger partial charge in [-0.25, -0.2) is 0 Å². The van der Waals surface area contributed by atoms with Crippen LogP contribution in [0.25, 0.3) is 0 Å². The molecule has 0 bridgehead atoms. The lowest BCUT2D eigenvalue weighted by molar-refractivity contribution is -0.179. The van der Waals surface area contributed by atoms with Crippen LogP contribution in [0.2, 0.25) is 0 Å². The van der Waals surface area contributed by atoms with Crippen LogP contribution in [0.3, 0.4) is 0 Å². The molecule has 0 aliphatic heterocycles. The molecule has 0 aromatic heterocycles. The molecule has 0 aromatic carbocycles. The van der Waals surface area contributed by atoms with Crippen molar-refractivity contribution in [3.8, 4) is 0 Å². The molecule has 0 amide bonds. The lowest BCUT2D eigenvalue weighted by atomic mass is 9.73. The second kappa shape index (κ2) is 8.17. The van der Waals surface area contributed by atoms with Crippen LogP contribution in [0.1, 0.15) is 75.7 Å². The molecule has 0 aromatic rings. The van der Waals surface area contributed by atoms with Crippen molar-refractivity contribution in [1.29, 1.82) is 0 Å². The third-order valence-electron chi connectivity index (χ3n) is 4.67. The van der Waals surface area contributed by atoms with Gasteiger partial charge in [0.05, 0.1) is 23.0 Å². The van der Waals surface area contributed by atoms with E-state index in [2.05, 4.69) is 0 Å². The molecule has 1 atom stereocenters. The summed E-state index contributed by atoms with van der Waals surface area (Å²) in [6.07, 6.45) is -1.57. The van der Waals surface area contributed by atoms with Crippen LogP contribution in [-0.2, 0) is 23.9 Å². The molecule has 26 heavy (non-hydrogen) atoms. The Hall–Kier alpha value is -1.27. The highest BCUT2D eigenvalue weighted by molar-refractivity contribution is 5.91. The molecule has 0 aliphatic carbocycles. The summed E-state index contributed by atoms with van der Waals surface area (Å²) >= 11 is 0. The average Bonchev–Trinajstić information content (AvgIpc) is 2.40. The molecule has 1 unspecified atom stereocenters. The first-order valence-corrected chi connectivity index (χ1v) is 8.92. The Labute approximate surface area is 157 Å². The monoisotopic (exact) mass is 372 g/mol. The molecule has 6 heteroatoms. The topological polar surface area (TPSA) is 89.9 Å². The third kappa shape index (κ3) is 7.16. The van der Waals surface area contributed by atoms with Crippen molar-refractivity contribution in [1.82, 2.24) is 0 Å². The van der Waals surface area contributed by atoms with E-state index in [9.17, 15) is 14.4 Å². The van der Waals surface area contributed by atoms with Crippen LogP contribution >= 0.6 is 0 Å². The highest BCUT2D eigenvalue weighted by Gasteiger charge is 2.47. The maximum atomic E-state index is 12.7. The maximum Gasteiger partial charge on any atom is 0.306 e. The fourth-order valence-corrected chi connectivity index (χ4v) is 2.13. The number of carboxylic acids is 1. The Morgan fingerprint density at radius 2 is 1.35 bits per heavy atom. The van der Waals surface area contributed by atoms with E-state index >= 15 is 0 Å². The number of rotatable bonds is 9. The second-order valence-electron chi connectivity index (χ2n) is 9.78. The first kappa shape index (κ1) is 24.7. The molecular formula is C20H36O6. The van der Waals surface area contributed by atoms with E-state index in [0.29, 0.717) is 0 Å². The molecule has 0 rings (SSSR count). The maximum absolute atomic E-state index is 12.7. The second-order valence-corrected chi connectivity index (χ2v) is 9.78. The normalized spacial score (nSPS) is 14.8. The van der Waals surface area contributed by atoms with Gasteiger partial charge < -0.3 is 14.6 Å². The van der Waals surface area contributed by atoms with Gasteiger partial charge in [-0.2, -0.15) is 0 Å². The van der Waals surface area contributed by atoms with Gasteiger partial charge in [0.15, 0.2) is 11.6 Å². The zero-order valence-electron chi connectivity index (χ0n) is 18.0. The van der Waals surface area contributed by atoms with Gasteiger partial charge in [-0.05, 0) is 34.6 Å². The van der Waals surface area contributed by atoms with Gasteiger partial charge in [-0.3, -0.25) is 14.4 Å². The van der Waals surface area contributed by atoms with E-state index in [-0.39, 0.29) is 18.2 Å². The van der Waals surface area contributed by atoms with Gasteiger partial charge in [-0.15, -0.1) is 0 Å². The summed E-state index contributed by atoms with van der Waals surface area (Å²) in [5.74, 6) is -1.60. The fourth-order valence-electron chi connectivity index (χ4n) is 2.13. The molecule has 0 radical (unpaired) electrons. The van der Waals surface area contributed by atoms with Gasteiger partial charge in [0.1, 0.15) is 12.7 Å². The highest BCUT2D eigenvalue weighted by Crippen LogP contribution is 2.37. The third-order valence-corrected chi connectivity index (χ3v) is 4.67. The van der Waals surface area contributed by atoms with Gasteiger partial charge in [0.2, 0.25) is 0 Å². The predicted octanol–water partition coefficient (Wildman–Crippen LogP) is 3.65. The van der Waals surface area contributed by atoms with E-state index in [1.165, 1.54) is 0 Å². The summed E-state index contributed by atoms with van der Waals surface area (Å²) in [5.41, 5.74) is -3.25. The zero-order chi connectivity index (χ0) is 21.1. The smallest absolute Gasteiger partial charge is 0.306 e. The van der Waals surface area contributed by atoms with E-state index in [1.807, 2.05) is 20.8 Å². The number of hydrogen-bond donors (Lipinski definition) is 1. The number of hydrogen-bond acceptors (Lipinski definition) is 5. The molecule has 1 N–H and O–H groups in total. The molecular weight excluding hydrogens is 336 g/mol. The van der Waals surface area contributed by atoms with E-state index in [1.54, 1.807) is 48.5 Å². The number of carboxylic acid groups (broad SMARTS) is 1. The molecule has 0 spiro atoms. The number of carbonyl (C=O) groups is 3. The number of ketones is 2. The fraction of sp³-hybridized carbons (Fsp3) is 0.850. The van der Waals surface area contributed by atoms with Crippen molar-refractivity contribution in [2.75, 3.05) is 6.61 Å². The van der Waals surface area contributed by atoms with Crippen molar-refractivity contribution in [2.45, 2.75) is 93.0 Å². The molecule has 0 aliphatic rings. The largest absolute Gasteiger partial charge is 0.481 e. The molecule has 0 fully saturated rings. The Balaban J connectivity index is 5.49. The lowest BCUT2D eigenvalue weighted by Gasteiger charge is -2.43. The number of ether oxygens (including phenoxy) is 2. The van der Waals surface area contributed by atoms with E-state index in [4.69, 9.17) is 14.6 Å². The Kier molecular flexibility index (Phi) is 7.77. The standard InChI is InChI=1S/C20H36O6/c1-17(2,3)16(24)13(11-15(22)23)26-20(9,10)19(7,8)14(21)12-25-18(4,5)6/h13H,11-12H2,1-10H3,(H,22,23). The summed E-state index contributed by atoms with van der Waals surface area (Å²) in [6, 6.07) is 0. The van der Waals surface area contributed by atoms with Crippen LogP contribution in [0.5, 0.6) is 0 Å². The predicted molar refractivity (Wildman–Crippen MR) is 100 cm³/mol. The number of carbonyl (C=O) groups excluding carboxylic acids is 2. The molecule has 0 saturated carbocycles. The minimum Gasteiger partial charge on any atom is -0.481 e. The Bertz CT molecular complexity index is 531. The molecule has 6 nitrogen and oxygen atoms in total. The van der Waals surface area contributed by atoms with E-state index < -0.39 is 40.5 Å². The average molecular weight is 373 g/mol. The summed E-state index contributed by atoms with van der Waals surface area (Å²) in [4.78, 5) is 36.6. The van der Waals surface area contributed by atoms with Crippen molar-refractivity contribution in [2.24, 2.45) is 10.8 Å². The van der Waals surface area contributed by atoms with Crippen molar-refractivity contribution >= 4 is 17.5 Å². The van der Waals surface area contributed by atoms with Crippen molar-refractivity contribution in [3.05, 3.63) is 0 Å². The molecule has 152 valence electrons. The van der Waals surface area contributed by atoms with Crippen LogP contribution < -0.4 is 0 Å². The highest BCUT2D eigenvalue weighted by atomic mass is 16.5. The molecule has 0 saturated heterocycles. The molecule has 0 heterocycles. The van der Waals surface area contributed by atoms with Gasteiger partial charge in [0, 0.05) is 5.41 Å². The minimum atomic E-state index is -1.13. The van der Waals surface area contributed by atoms with Crippen LogP contribution in [-0.4, -0.2) is 46.6 Å². The first-order valence-electron chi connectivity index (χ1n) is 8.92. The van der Waals surface area contributed by atoms with E-state index in [0.717, 1.165) is 0 Å². The van der Waals surface area contributed by atoms with Crippen LogP contribution in [0, 0.1) is 10.8 Å². The Morgan fingerprint density at radius 1 is 0.885 bits per heavy atom. The minimum absolute atomic E-state index is 0.0832. The van der Waals surface area contributed by atoms with Gasteiger partial charge in [0.25, 0.3) is 0 Å². The number of aliphatic carboxylic acids is 1. The zero-order valence-corrected chi connectivity index (χ0v) is 18.0.